The maximum absolute atomic E-state index is 10.6. The van der Waals surface area contributed by atoms with E-state index in [4.69, 9.17) is 0 Å². The van der Waals surface area contributed by atoms with Gasteiger partial charge in [-0.2, -0.15) is 0 Å². The molecule has 1 unspecified atom stereocenters. The van der Waals surface area contributed by atoms with E-state index in [9.17, 15) is 4.79 Å². The Morgan fingerprint density at radius 2 is 2.40 bits per heavy atom. The highest BCUT2D eigenvalue weighted by molar-refractivity contribution is 9.09. The van der Waals surface area contributed by atoms with E-state index in [1.54, 1.807) is 13.0 Å². The van der Waals surface area contributed by atoms with Crippen LogP contribution in [-0.2, 0) is 9.53 Å². The standard InChI is InChI=1S/C7H11BrO2/c1-3-10-7(9)5-4-6(2)8/h4-6H,3H2,1-2H3/b5-4+. The summed E-state index contributed by atoms with van der Waals surface area (Å²) in [7, 11) is 0. The van der Waals surface area contributed by atoms with E-state index in [2.05, 4.69) is 20.7 Å². The van der Waals surface area contributed by atoms with Crippen LogP contribution in [0.5, 0.6) is 0 Å². The monoisotopic (exact) mass is 206 g/mol. The third kappa shape index (κ3) is 5.82. The van der Waals surface area contributed by atoms with Gasteiger partial charge in [-0.1, -0.05) is 22.0 Å². The zero-order valence-electron chi connectivity index (χ0n) is 6.13. The average Bonchev–Trinajstić information content (AvgIpc) is 1.85. The molecule has 0 N–H and O–H groups in total. The van der Waals surface area contributed by atoms with Gasteiger partial charge in [-0.05, 0) is 13.8 Å². The molecule has 3 heteroatoms. The largest absolute Gasteiger partial charge is 0.463 e. The number of carbonyl (C=O) groups excluding carboxylic acids is 1. The van der Waals surface area contributed by atoms with E-state index in [1.165, 1.54) is 6.08 Å². The summed E-state index contributed by atoms with van der Waals surface area (Å²) in [6.45, 7) is 4.14. The second-order valence-electron chi connectivity index (χ2n) is 1.79. The predicted molar refractivity (Wildman–Crippen MR) is 44.2 cm³/mol. The average molecular weight is 207 g/mol. The van der Waals surface area contributed by atoms with Crippen LogP contribution in [0.4, 0.5) is 0 Å². The molecule has 0 aromatic rings. The van der Waals surface area contributed by atoms with E-state index in [0.717, 1.165) is 0 Å². The van der Waals surface area contributed by atoms with Gasteiger partial charge >= 0.3 is 5.97 Å². The van der Waals surface area contributed by atoms with Crippen LogP contribution in [0.15, 0.2) is 12.2 Å². The highest BCUT2D eigenvalue weighted by atomic mass is 79.9. The molecule has 0 aromatic carbocycles. The summed E-state index contributed by atoms with van der Waals surface area (Å²) in [5.41, 5.74) is 0. The van der Waals surface area contributed by atoms with Crippen LogP contribution in [-0.4, -0.2) is 17.4 Å². The molecule has 0 aliphatic rings. The maximum Gasteiger partial charge on any atom is 0.330 e. The first-order valence-electron chi connectivity index (χ1n) is 3.15. The molecule has 0 radical (unpaired) electrons. The number of hydrogen-bond acceptors (Lipinski definition) is 2. The molecule has 0 saturated carbocycles. The van der Waals surface area contributed by atoms with Crippen LogP contribution in [0, 0.1) is 0 Å². The minimum absolute atomic E-state index is 0.219. The van der Waals surface area contributed by atoms with Crippen molar-refractivity contribution in [3.05, 3.63) is 12.2 Å². The van der Waals surface area contributed by atoms with E-state index >= 15 is 0 Å². The fraction of sp³-hybridized carbons (Fsp3) is 0.571. The summed E-state index contributed by atoms with van der Waals surface area (Å²) >= 11 is 3.26. The van der Waals surface area contributed by atoms with Crippen LogP contribution < -0.4 is 0 Å². The first-order valence-corrected chi connectivity index (χ1v) is 4.07. The lowest BCUT2D eigenvalue weighted by molar-refractivity contribution is -0.137. The van der Waals surface area contributed by atoms with Crippen molar-refractivity contribution in [3.8, 4) is 0 Å². The van der Waals surface area contributed by atoms with Crippen molar-refractivity contribution in [1.29, 1.82) is 0 Å². The van der Waals surface area contributed by atoms with Crippen LogP contribution >= 0.6 is 15.9 Å². The number of esters is 1. The SMILES string of the molecule is CCOC(=O)/C=C/C(C)Br. The van der Waals surface area contributed by atoms with E-state index in [1.807, 2.05) is 6.92 Å². The van der Waals surface area contributed by atoms with Crippen molar-refractivity contribution < 1.29 is 9.53 Å². The first-order chi connectivity index (χ1) is 4.66. The molecule has 0 saturated heterocycles. The molecule has 0 aliphatic carbocycles. The van der Waals surface area contributed by atoms with E-state index in [0.29, 0.717) is 6.61 Å². The molecule has 0 bridgehead atoms. The fourth-order valence-corrected chi connectivity index (χ4v) is 0.554. The van der Waals surface area contributed by atoms with Gasteiger partial charge in [0.05, 0.1) is 6.61 Å². The molecular formula is C7H11BrO2. The zero-order valence-corrected chi connectivity index (χ0v) is 7.72. The third-order valence-corrected chi connectivity index (χ3v) is 1.09. The molecule has 58 valence electrons. The summed E-state index contributed by atoms with van der Waals surface area (Å²) in [6, 6.07) is 0. The molecule has 1 atom stereocenters. The zero-order chi connectivity index (χ0) is 7.98. The molecule has 0 rings (SSSR count). The molecular weight excluding hydrogens is 196 g/mol. The van der Waals surface area contributed by atoms with Gasteiger partial charge in [0.2, 0.25) is 0 Å². The third-order valence-electron chi connectivity index (χ3n) is 0.784. The molecule has 2 nitrogen and oxygen atoms in total. The summed E-state index contributed by atoms with van der Waals surface area (Å²) in [5.74, 6) is -0.284. The number of alkyl halides is 1. The van der Waals surface area contributed by atoms with Gasteiger partial charge in [-0.15, -0.1) is 0 Å². The lowest BCUT2D eigenvalue weighted by atomic mass is 10.4. The summed E-state index contributed by atoms with van der Waals surface area (Å²) in [5, 5.41) is 0. The molecule has 0 aromatic heterocycles. The lowest BCUT2D eigenvalue weighted by Crippen LogP contribution is -1.99. The number of allylic oxidation sites excluding steroid dienone is 1. The highest BCUT2D eigenvalue weighted by Gasteiger charge is 1.93. The predicted octanol–water partition coefficient (Wildman–Crippen LogP) is 1.89. The fourth-order valence-electron chi connectivity index (χ4n) is 0.402. The summed E-state index contributed by atoms with van der Waals surface area (Å²) in [4.78, 5) is 10.8. The number of halogens is 1. The minimum atomic E-state index is -0.284. The molecule has 0 aliphatic heterocycles. The molecule has 0 heterocycles. The Labute approximate surface area is 69.4 Å². The van der Waals surface area contributed by atoms with E-state index < -0.39 is 0 Å². The van der Waals surface area contributed by atoms with Gasteiger partial charge < -0.3 is 4.74 Å². The Morgan fingerprint density at radius 3 is 2.80 bits per heavy atom. The summed E-state index contributed by atoms with van der Waals surface area (Å²) < 4.78 is 4.65. The Morgan fingerprint density at radius 1 is 1.80 bits per heavy atom. The van der Waals surface area contributed by atoms with Gasteiger partial charge in [0.1, 0.15) is 0 Å². The molecule has 0 amide bonds. The Balaban J connectivity index is 3.56. The second kappa shape index (κ2) is 5.47. The van der Waals surface area contributed by atoms with Crippen LogP contribution in [0.2, 0.25) is 0 Å². The Bertz CT molecular complexity index is 130. The topological polar surface area (TPSA) is 26.3 Å². The normalized spacial score (nSPS) is 13.5. The van der Waals surface area contributed by atoms with Crippen LogP contribution in [0.3, 0.4) is 0 Å². The number of carbonyl (C=O) groups is 1. The molecule has 0 spiro atoms. The maximum atomic E-state index is 10.6. The van der Waals surface area contributed by atoms with Crippen molar-refractivity contribution >= 4 is 21.9 Å². The minimum Gasteiger partial charge on any atom is -0.463 e. The lowest BCUT2D eigenvalue weighted by Gasteiger charge is -1.94. The van der Waals surface area contributed by atoms with Crippen molar-refractivity contribution in [2.24, 2.45) is 0 Å². The van der Waals surface area contributed by atoms with E-state index in [-0.39, 0.29) is 10.8 Å². The highest BCUT2D eigenvalue weighted by Crippen LogP contribution is 1.98. The van der Waals surface area contributed by atoms with Gasteiger partial charge in [-0.3, -0.25) is 0 Å². The van der Waals surface area contributed by atoms with Crippen molar-refractivity contribution in [3.63, 3.8) is 0 Å². The molecule has 0 fully saturated rings. The number of hydrogen-bond donors (Lipinski definition) is 0. The van der Waals surface area contributed by atoms with Gasteiger partial charge in [-0.25, -0.2) is 4.79 Å². The van der Waals surface area contributed by atoms with Crippen molar-refractivity contribution in [1.82, 2.24) is 0 Å². The number of rotatable bonds is 3. The smallest absolute Gasteiger partial charge is 0.330 e. The second-order valence-corrected chi connectivity index (χ2v) is 3.23. The number of ether oxygens (including phenoxy) is 1. The Hall–Kier alpha value is -0.310. The van der Waals surface area contributed by atoms with Crippen molar-refractivity contribution in [2.75, 3.05) is 6.61 Å². The van der Waals surface area contributed by atoms with Gasteiger partial charge in [0, 0.05) is 10.9 Å². The van der Waals surface area contributed by atoms with Gasteiger partial charge in [0.15, 0.2) is 0 Å². The Kier molecular flexibility index (Phi) is 5.30. The first kappa shape index (κ1) is 9.69. The van der Waals surface area contributed by atoms with Crippen molar-refractivity contribution in [2.45, 2.75) is 18.7 Å². The quantitative estimate of drug-likeness (QED) is 0.401. The van der Waals surface area contributed by atoms with Crippen LogP contribution in [0.1, 0.15) is 13.8 Å². The molecule has 10 heavy (non-hydrogen) atoms. The van der Waals surface area contributed by atoms with Crippen LogP contribution in [0.25, 0.3) is 0 Å². The van der Waals surface area contributed by atoms with Gasteiger partial charge in [0.25, 0.3) is 0 Å². The summed E-state index contributed by atoms with van der Waals surface area (Å²) in [6.07, 6.45) is 3.15.